The molecule has 23 heavy (non-hydrogen) atoms. The van der Waals surface area contributed by atoms with E-state index >= 15 is 0 Å². The molecule has 5 heteroatoms. The van der Waals surface area contributed by atoms with Crippen molar-refractivity contribution in [2.45, 2.75) is 6.92 Å². The predicted molar refractivity (Wildman–Crippen MR) is 91.8 cm³/mol. The van der Waals surface area contributed by atoms with Gasteiger partial charge in [0.1, 0.15) is 16.5 Å². The largest absolute Gasteiger partial charge is 0.463 e. The van der Waals surface area contributed by atoms with E-state index in [2.05, 4.69) is 4.98 Å². The highest BCUT2D eigenvalue weighted by molar-refractivity contribution is 7.19. The van der Waals surface area contributed by atoms with Crippen LogP contribution in [0.5, 0.6) is 11.5 Å². The van der Waals surface area contributed by atoms with Crippen LogP contribution in [0.4, 0.5) is 0 Å². The van der Waals surface area contributed by atoms with E-state index in [-0.39, 0.29) is 5.97 Å². The maximum atomic E-state index is 11.3. The molecule has 0 unspecified atom stereocenters. The van der Waals surface area contributed by atoms with Crippen LogP contribution in [0.25, 0.3) is 16.3 Å². The minimum Gasteiger partial charge on any atom is -0.463 e. The van der Waals surface area contributed by atoms with E-state index in [0.29, 0.717) is 6.61 Å². The van der Waals surface area contributed by atoms with E-state index < -0.39 is 0 Å². The van der Waals surface area contributed by atoms with Crippen LogP contribution in [0.3, 0.4) is 0 Å². The Kier molecular flexibility index (Phi) is 4.68. The highest BCUT2D eigenvalue weighted by Gasteiger charge is 2.05. The lowest BCUT2D eigenvalue weighted by Gasteiger charge is -2.04. The third kappa shape index (κ3) is 3.96. The van der Waals surface area contributed by atoms with E-state index in [1.807, 2.05) is 48.5 Å². The van der Waals surface area contributed by atoms with Gasteiger partial charge in [-0.1, -0.05) is 18.2 Å². The molecule has 4 nitrogen and oxygen atoms in total. The summed E-state index contributed by atoms with van der Waals surface area (Å²) >= 11 is 1.50. The van der Waals surface area contributed by atoms with Gasteiger partial charge >= 0.3 is 5.97 Å². The fraction of sp³-hybridized carbons (Fsp3) is 0.111. The van der Waals surface area contributed by atoms with Crippen molar-refractivity contribution in [3.8, 4) is 11.5 Å². The third-order valence-electron chi connectivity index (χ3n) is 3.00. The summed E-state index contributed by atoms with van der Waals surface area (Å²) in [5.74, 6) is 1.19. The lowest BCUT2D eigenvalue weighted by molar-refractivity contribution is -0.137. The molecule has 0 saturated carbocycles. The van der Waals surface area contributed by atoms with Crippen LogP contribution in [-0.4, -0.2) is 17.6 Å². The zero-order chi connectivity index (χ0) is 16.1. The van der Waals surface area contributed by atoms with Crippen LogP contribution in [0.15, 0.2) is 54.6 Å². The van der Waals surface area contributed by atoms with Gasteiger partial charge in [0.25, 0.3) is 0 Å². The molecule has 0 amide bonds. The number of para-hydroxylation sites is 1. The maximum Gasteiger partial charge on any atom is 0.330 e. The first-order valence-corrected chi connectivity index (χ1v) is 8.04. The second kappa shape index (κ2) is 7.07. The number of rotatable bonds is 5. The monoisotopic (exact) mass is 325 g/mol. The number of benzene rings is 2. The Morgan fingerprint density at radius 2 is 2.00 bits per heavy atom. The van der Waals surface area contributed by atoms with Crippen LogP contribution in [0, 0.1) is 0 Å². The highest BCUT2D eigenvalue weighted by Crippen LogP contribution is 2.29. The molecule has 2 aromatic carbocycles. The van der Waals surface area contributed by atoms with Gasteiger partial charge in [-0.25, -0.2) is 9.78 Å². The summed E-state index contributed by atoms with van der Waals surface area (Å²) in [4.78, 5) is 15.8. The van der Waals surface area contributed by atoms with E-state index in [4.69, 9.17) is 9.47 Å². The number of nitrogens with zero attached hydrogens (tertiary/aromatic N) is 1. The summed E-state index contributed by atoms with van der Waals surface area (Å²) in [7, 11) is 0. The Morgan fingerprint density at radius 1 is 1.17 bits per heavy atom. The molecule has 0 aliphatic heterocycles. The molecule has 0 saturated heterocycles. The van der Waals surface area contributed by atoms with Crippen LogP contribution in [0.2, 0.25) is 0 Å². The SMILES string of the molecule is CCOC(=O)/C=C/c1nc2ccc(Oc3ccccc3)cc2s1. The van der Waals surface area contributed by atoms with Crippen LogP contribution in [-0.2, 0) is 9.53 Å². The summed E-state index contributed by atoms with van der Waals surface area (Å²) in [5, 5.41) is 0.755. The number of thiazole rings is 1. The summed E-state index contributed by atoms with van der Waals surface area (Å²) in [6.45, 7) is 2.14. The summed E-state index contributed by atoms with van der Waals surface area (Å²) < 4.78 is 11.7. The van der Waals surface area contributed by atoms with Crippen molar-refractivity contribution < 1.29 is 14.3 Å². The van der Waals surface area contributed by atoms with Gasteiger partial charge in [-0.15, -0.1) is 11.3 Å². The summed E-state index contributed by atoms with van der Waals surface area (Å²) in [6.07, 6.45) is 3.06. The highest BCUT2D eigenvalue weighted by atomic mass is 32.1. The molecular formula is C18H15NO3S. The van der Waals surface area contributed by atoms with Gasteiger partial charge in [0.05, 0.1) is 16.8 Å². The van der Waals surface area contributed by atoms with E-state index in [0.717, 1.165) is 26.7 Å². The second-order valence-corrected chi connectivity index (χ2v) is 5.74. The predicted octanol–water partition coefficient (Wildman–Crippen LogP) is 4.66. The van der Waals surface area contributed by atoms with Gasteiger partial charge in [0.2, 0.25) is 0 Å². The van der Waals surface area contributed by atoms with Crippen LogP contribution >= 0.6 is 11.3 Å². The topological polar surface area (TPSA) is 48.4 Å². The molecule has 3 aromatic rings. The fourth-order valence-corrected chi connectivity index (χ4v) is 2.91. The average Bonchev–Trinajstić information content (AvgIpc) is 2.96. The third-order valence-corrected chi connectivity index (χ3v) is 3.99. The van der Waals surface area contributed by atoms with E-state index in [9.17, 15) is 4.79 Å². The zero-order valence-corrected chi connectivity index (χ0v) is 13.4. The van der Waals surface area contributed by atoms with Gasteiger partial charge in [0, 0.05) is 12.1 Å². The molecule has 3 rings (SSSR count). The molecule has 1 aromatic heterocycles. The summed E-state index contributed by atoms with van der Waals surface area (Å²) in [5.41, 5.74) is 0.874. The number of carbonyl (C=O) groups is 1. The van der Waals surface area contributed by atoms with E-state index in [1.165, 1.54) is 17.4 Å². The van der Waals surface area contributed by atoms with Crippen molar-refractivity contribution in [1.82, 2.24) is 4.98 Å². The number of hydrogen-bond donors (Lipinski definition) is 0. The number of fused-ring (bicyclic) bond motifs is 1. The smallest absolute Gasteiger partial charge is 0.330 e. The van der Waals surface area contributed by atoms with Gasteiger partial charge in [-0.05, 0) is 37.3 Å². The average molecular weight is 325 g/mol. The Bertz CT molecular complexity index is 840. The number of ether oxygens (including phenoxy) is 2. The molecule has 0 bridgehead atoms. The number of esters is 1. The molecule has 0 aliphatic carbocycles. The molecule has 116 valence electrons. The second-order valence-electron chi connectivity index (χ2n) is 4.68. The van der Waals surface area contributed by atoms with Crippen molar-refractivity contribution in [2.24, 2.45) is 0 Å². The summed E-state index contributed by atoms with van der Waals surface area (Å²) in [6, 6.07) is 15.4. The minimum absolute atomic E-state index is 0.361. The van der Waals surface area contributed by atoms with Crippen molar-refractivity contribution >= 4 is 33.6 Å². The Morgan fingerprint density at radius 3 is 2.78 bits per heavy atom. The molecule has 0 aliphatic rings. The van der Waals surface area contributed by atoms with Gasteiger partial charge in [-0.2, -0.15) is 0 Å². The zero-order valence-electron chi connectivity index (χ0n) is 12.6. The van der Waals surface area contributed by atoms with Crippen molar-refractivity contribution in [2.75, 3.05) is 6.61 Å². The number of hydrogen-bond acceptors (Lipinski definition) is 5. The van der Waals surface area contributed by atoms with Crippen molar-refractivity contribution in [3.05, 3.63) is 59.6 Å². The Hall–Kier alpha value is -2.66. The van der Waals surface area contributed by atoms with Gasteiger partial charge < -0.3 is 9.47 Å². The molecule has 0 spiro atoms. The standard InChI is InChI=1S/C18H15NO3S/c1-2-21-18(20)11-10-17-19-15-9-8-14(12-16(15)23-17)22-13-6-4-3-5-7-13/h3-12H,2H2,1H3/b11-10+. The Labute approximate surface area is 138 Å². The maximum absolute atomic E-state index is 11.3. The van der Waals surface area contributed by atoms with Crippen LogP contribution < -0.4 is 4.74 Å². The number of carbonyl (C=O) groups excluding carboxylic acids is 1. The van der Waals surface area contributed by atoms with Gasteiger partial charge in [-0.3, -0.25) is 0 Å². The molecule has 0 N–H and O–H groups in total. The first kappa shape index (κ1) is 15.2. The van der Waals surface area contributed by atoms with Gasteiger partial charge in [0.15, 0.2) is 0 Å². The van der Waals surface area contributed by atoms with E-state index in [1.54, 1.807) is 13.0 Å². The number of aromatic nitrogens is 1. The molecule has 1 heterocycles. The molecule has 0 atom stereocenters. The normalized spacial score (nSPS) is 11.0. The first-order valence-electron chi connectivity index (χ1n) is 7.23. The molecule has 0 radical (unpaired) electrons. The first-order chi connectivity index (χ1) is 11.2. The molecule has 0 fully saturated rings. The Balaban J connectivity index is 1.79. The lowest BCUT2D eigenvalue weighted by Crippen LogP contribution is -1.98. The quantitative estimate of drug-likeness (QED) is 0.505. The van der Waals surface area contributed by atoms with Crippen molar-refractivity contribution in [1.29, 1.82) is 0 Å². The van der Waals surface area contributed by atoms with Crippen molar-refractivity contribution in [3.63, 3.8) is 0 Å². The van der Waals surface area contributed by atoms with Crippen LogP contribution in [0.1, 0.15) is 11.9 Å². The lowest BCUT2D eigenvalue weighted by atomic mass is 10.3. The molecular weight excluding hydrogens is 310 g/mol. The fourth-order valence-electron chi connectivity index (χ4n) is 2.01. The minimum atomic E-state index is -0.361.